The number of rotatable bonds is 6. The van der Waals surface area contributed by atoms with E-state index >= 15 is 0 Å². The number of methoxy groups -OCH3 is 1. The molecule has 0 fully saturated rings. The van der Waals surface area contributed by atoms with Gasteiger partial charge in [0.25, 0.3) is 0 Å². The highest BCUT2D eigenvalue weighted by atomic mass is 16.5. The fraction of sp³-hybridized carbons (Fsp3) is 0.857. The highest BCUT2D eigenvalue weighted by molar-refractivity contribution is 5.79. The van der Waals surface area contributed by atoms with Gasteiger partial charge in [-0.25, -0.2) is 0 Å². The Balaban J connectivity index is 3.30. The molecule has 0 heterocycles. The van der Waals surface area contributed by atoms with Crippen LogP contribution in [0, 0.1) is 0 Å². The lowest BCUT2D eigenvalue weighted by molar-refractivity contribution is -0.123. The molecular formula is C7H14O4. The molecule has 0 saturated heterocycles. The molecular weight excluding hydrogens is 148 g/mol. The molecule has 1 unspecified atom stereocenters. The molecule has 66 valence electrons. The van der Waals surface area contributed by atoms with E-state index in [-0.39, 0.29) is 25.4 Å². The normalized spacial score (nSPS) is 13.0. The zero-order valence-electron chi connectivity index (χ0n) is 6.62. The van der Waals surface area contributed by atoms with Gasteiger partial charge in [-0.15, -0.1) is 0 Å². The van der Waals surface area contributed by atoms with Gasteiger partial charge in [0.05, 0.1) is 12.7 Å². The highest BCUT2D eigenvalue weighted by Gasteiger charge is 2.05. The minimum absolute atomic E-state index is 0.0556. The van der Waals surface area contributed by atoms with Crippen LogP contribution in [0.4, 0.5) is 0 Å². The Labute approximate surface area is 65.8 Å². The number of ketones is 1. The van der Waals surface area contributed by atoms with Crippen LogP contribution in [0.3, 0.4) is 0 Å². The first-order valence-electron chi connectivity index (χ1n) is 3.50. The topological polar surface area (TPSA) is 66.8 Å². The standard InChI is InChI=1S/C7H14O4/c1-11-5-7(10)3-2-6(9)4-8/h6,8-9H,2-5H2,1H3. The molecule has 0 aromatic heterocycles. The first-order chi connectivity index (χ1) is 5.20. The molecule has 11 heavy (non-hydrogen) atoms. The molecule has 0 aliphatic heterocycles. The van der Waals surface area contributed by atoms with Gasteiger partial charge in [0.1, 0.15) is 6.61 Å². The van der Waals surface area contributed by atoms with Crippen molar-refractivity contribution in [2.45, 2.75) is 18.9 Å². The second-order valence-electron chi connectivity index (χ2n) is 2.35. The Morgan fingerprint density at radius 1 is 1.64 bits per heavy atom. The largest absolute Gasteiger partial charge is 0.394 e. The summed E-state index contributed by atoms with van der Waals surface area (Å²) in [5.41, 5.74) is 0. The van der Waals surface area contributed by atoms with Crippen LogP contribution >= 0.6 is 0 Å². The molecule has 2 N–H and O–H groups in total. The van der Waals surface area contributed by atoms with E-state index in [9.17, 15) is 4.79 Å². The number of aliphatic hydroxyl groups excluding tert-OH is 2. The van der Waals surface area contributed by atoms with Gasteiger partial charge in [0.15, 0.2) is 5.78 Å². The molecule has 0 aromatic carbocycles. The van der Waals surface area contributed by atoms with Crippen LogP contribution in [0.1, 0.15) is 12.8 Å². The smallest absolute Gasteiger partial charge is 0.158 e. The Morgan fingerprint density at radius 3 is 2.73 bits per heavy atom. The molecule has 0 spiro atoms. The average molecular weight is 162 g/mol. The fourth-order valence-corrected chi connectivity index (χ4v) is 0.652. The third-order valence-electron chi connectivity index (χ3n) is 1.27. The predicted molar refractivity (Wildman–Crippen MR) is 39.2 cm³/mol. The van der Waals surface area contributed by atoms with Crippen molar-refractivity contribution in [1.82, 2.24) is 0 Å². The van der Waals surface area contributed by atoms with Crippen molar-refractivity contribution in [3.8, 4) is 0 Å². The quantitative estimate of drug-likeness (QED) is 0.544. The van der Waals surface area contributed by atoms with E-state index in [1.807, 2.05) is 0 Å². The predicted octanol–water partition coefficient (Wildman–Crippen LogP) is -0.665. The number of Topliss-reactive ketones (excluding diaryl/α,β-unsaturated/α-hetero) is 1. The van der Waals surface area contributed by atoms with Gasteiger partial charge in [0.2, 0.25) is 0 Å². The van der Waals surface area contributed by atoms with Crippen LogP contribution in [-0.4, -0.2) is 42.4 Å². The fourth-order valence-electron chi connectivity index (χ4n) is 0.652. The van der Waals surface area contributed by atoms with Gasteiger partial charge in [-0.2, -0.15) is 0 Å². The summed E-state index contributed by atoms with van der Waals surface area (Å²) in [5.74, 6) is -0.0556. The van der Waals surface area contributed by atoms with Crippen LogP contribution < -0.4 is 0 Å². The lowest BCUT2D eigenvalue weighted by Crippen LogP contribution is -2.15. The molecule has 0 saturated carbocycles. The SMILES string of the molecule is COCC(=O)CCC(O)CO. The van der Waals surface area contributed by atoms with Gasteiger partial charge in [-0.3, -0.25) is 4.79 Å². The summed E-state index contributed by atoms with van der Waals surface area (Å²) >= 11 is 0. The summed E-state index contributed by atoms with van der Waals surface area (Å²) in [7, 11) is 1.44. The molecule has 1 atom stereocenters. The lowest BCUT2D eigenvalue weighted by atomic mass is 10.1. The van der Waals surface area contributed by atoms with Gasteiger partial charge < -0.3 is 14.9 Å². The Hall–Kier alpha value is -0.450. The van der Waals surface area contributed by atoms with Crippen molar-refractivity contribution in [2.24, 2.45) is 0 Å². The van der Waals surface area contributed by atoms with Crippen molar-refractivity contribution in [1.29, 1.82) is 0 Å². The number of carbonyl (C=O) groups excluding carboxylic acids is 1. The monoisotopic (exact) mass is 162 g/mol. The van der Waals surface area contributed by atoms with Crippen LogP contribution in [0.2, 0.25) is 0 Å². The maximum absolute atomic E-state index is 10.7. The minimum atomic E-state index is -0.782. The van der Waals surface area contributed by atoms with Crippen molar-refractivity contribution < 1.29 is 19.7 Å². The van der Waals surface area contributed by atoms with Crippen LogP contribution in [0.25, 0.3) is 0 Å². The van der Waals surface area contributed by atoms with E-state index in [4.69, 9.17) is 10.2 Å². The summed E-state index contributed by atoms with van der Waals surface area (Å²) in [5, 5.41) is 17.2. The summed E-state index contributed by atoms with van der Waals surface area (Å²) in [4.78, 5) is 10.7. The van der Waals surface area contributed by atoms with Gasteiger partial charge in [-0.05, 0) is 6.42 Å². The van der Waals surface area contributed by atoms with Crippen molar-refractivity contribution in [2.75, 3.05) is 20.3 Å². The molecule has 0 aliphatic rings. The Bertz CT molecular complexity index is 113. The van der Waals surface area contributed by atoms with Crippen molar-refractivity contribution >= 4 is 5.78 Å². The third-order valence-corrected chi connectivity index (χ3v) is 1.27. The number of ether oxygens (including phenoxy) is 1. The second-order valence-corrected chi connectivity index (χ2v) is 2.35. The van der Waals surface area contributed by atoms with Crippen molar-refractivity contribution in [3.63, 3.8) is 0 Å². The number of carbonyl (C=O) groups is 1. The minimum Gasteiger partial charge on any atom is -0.394 e. The molecule has 4 nitrogen and oxygen atoms in total. The average Bonchev–Trinajstić information content (AvgIpc) is 2.01. The zero-order chi connectivity index (χ0) is 8.69. The zero-order valence-corrected chi connectivity index (χ0v) is 6.62. The maximum Gasteiger partial charge on any atom is 0.158 e. The number of aliphatic hydroxyl groups is 2. The van der Waals surface area contributed by atoms with Crippen LogP contribution in [0.5, 0.6) is 0 Å². The molecule has 0 radical (unpaired) electrons. The van der Waals surface area contributed by atoms with Gasteiger partial charge >= 0.3 is 0 Å². The van der Waals surface area contributed by atoms with E-state index < -0.39 is 6.10 Å². The Kier molecular flexibility index (Phi) is 6.02. The van der Waals surface area contributed by atoms with Crippen LogP contribution in [-0.2, 0) is 9.53 Å². The van der Waals surface area contributed by atoms with Crippen LogP contribution in [0.15, 0.2) is 0 Å². The number of hydrogen-bond acceptors (Lipinski definition) is 4. The Morgan fingerprint density at radius 2 is 2.27 bits per heavy atom. The van der Waals surface area contributed by atoms with Gasteiger partial charge in [0, 0.05) is 13.5 Å². The summed E-state index contributed by atoms with van der Waals surface area (Å²) in [6, 6.07) is 0. The molecule has 0 amide bonds. The molecule has 0 aromatic rings. The summed E-state index contributed by atoms with van der Waals surface area (Å²) < 4.78 is 4.58. The first-order valence-corrected chi connectivity index (χ1v) is 3.50. The van der Waals surface area contributed by atoms with E-state index in [1.54, 1.807) is 0 Å². The molecule has 0 bridgehead atoms. The molecule has 0 aliphatic carbocycles. The van der Waals surface area contributed by atoms with E-state index in [1.165, 1.54) is 7.11 Å². The summed E-state index contributed by atoms with van der Waals surface area (Å²) in [6.07, 6.45) is -0.218. The highest BCUT2D eigenvalue weighted by Crippen LogP contribution is 1.96. The second kappa shape index (κ2) is 6.27. The molecule has 0 rings (SSSR count). The van der Waals surface area contributed by atoms with E-state index in [0.717, 1.165) is 0 Å². The van der Waals surface area contributed by atoms with E-state index in [2.05, 4.69) is 4.74 Å². The third kappa shape index (κ3) is 5.97. The number of hydrogen-bond donors (Lipinski definition) is 2. The maximum atomic E-state index is 10.7. The molecule has 4 heteroatoms. The van der Waals surface area contributed by atoms with Crippen molar-refractivity contribution in [3.05, 3.63) is 0 Å². The summed E-state index contributed by atoms with van der Waals surface area (Å²) in [6.45, 7) is -0.210. The first kappa shape index (κ1) is 10.6. The van der Waals surface area contributed by atoms with Gasteiger partial charge in [-0.1, -0.05) is 0 Å². The lowest BCUT2D eigenvalue weighted by Gasteiger charge is -2.04. The van der Waals surface area contributed by atoms with E-state index in [0.29, 0.717) is 6.42 Å².